The lowest BCUT2D eigenvalue weighted by atomic mass is 10.1. The minimum Gasteiger partial charge on any atom is -0.326 e. The van der Waals surface area contributed by atoms with E-state index in [0.29, 0.717) is 6.54 Å². The summed E-state index contributed by atoms with van der Waals surface area (Å²) in [6.45, 7) is 0.605. The summed E-state index contributed by atoms with van der Waals surface area (Å²) in [6.07, 6.45) is 2.78. The second-order valence-corrected chi connectivity index (χ2v) is 2.62. The van der Waals surface area contributed by atoms with E-state index in [2.05, 4.69) is 17.1 Å². The van der Waals surface area contributed by atoms with Crippen LogP contribution in [0.2, 0.25) is 0 Å². The fourth-order valence-electron chi connectivity index (χ4n) is 1.15. The van der Waals surface area contributed by atoms with Crippen molar-refractivity contribution in [1.82, 2.24) is 0 Å². The number of rotatable bonds is 3. The molecule has 0 amide bonds. The first-order valence-electron chi connectivity index (χ1n) is 4.06. The highest BCUT2D eigenvalue weighted by Crippen LogP contribution is 2.07. The van der Waals surface area contributed by atoms with Gasteiger partial charge in [-0.25, -0.2) is 0 Å². The summed E-state index contributed by atoms with van der Waals surface area (Å²) < 4.78 is 0. The maximum Gasteiger partial charge on any atom is 0.0273 e. The number of aliphatic imine (C=N–C) groups is 1. The van der Waals surface area contributed by atoms with Gasteiger partial charge in [-0.3, -0.25) is 0 Å². The molecule has 0 saturated carbocycles. The molecule has 12 heavy (non-hydrogen) atoms. The Bertz CT molecular complexity index is 266. The Kier molecular flexibility index (Phi) is 3.48. The van der Waals surface area contributed by atoms with Crippen LogP contribution in [0.1, 0.15) is 11.1 Å². The molecule has 0 spiro atoms. The lowest BCUT2D eigenvalue weighted by molar-refractivity contribution is 1.04. The molecule has 0 aliphatic rings. The fraction of sp³-hybridized carbons (Fsp3) is 0.300. The zero-order chi connectivity index (χ0) is 8.81. The molecule has 1 aromatic rings. The molecule has 1 aromatic carbocycles. The van der Waals surface area contributed by atoms with Gasteiger partial charge in [0.2, 0.25) is 0 Å². The van der Waals surface area contributed by atoms with E-state index in [-0.39, 0.29) is 0 Å². The van der Waals surface area contributed by atoms with E-state index in [1.165, 1.54) is 11.1 Å². The number of benzene rings is 1. The molecule has 64 valence electrons. The quantitative estimate of drug-likeness (QED) is 0.670. The topological polar surface area (TPSA) is 38.4 Å². The Morgan fingerprint density at radius 1 is 1.33 bits per heavy atom. The minimum atomic E-state index is 0.605. The number of hydrogen-bond donors (Lipinski definition) is 1. The molecule has 0 fully saturated rings. The van der Waals surface area contributed by atoms with Gasteiger partial charge in [-0.1, -0.05) is 24.3 Å². The van der Waals surface area contributed by atoms with Crippen LogP contribution in [0.25, 0.3) is 0 Å². The summed E-state index contributed by atoms with van der Waals surface area (Å²) in [6, 6.07) is 8.18. The predicted molar refractivity (Wildman–Crippen MR) is 52.5 cm³/mol. The van der Waals surface area contributed by atoms with E-state index >= 15 is 0 Å². The van der Waals surface area contributed by atoms with Crippen LogP contribution in [0.5, 0.6) is 0 Å². The van der Waals surface area contributed by atoms with Crippen molar-refractivity contribution in [3.8, 4) is 0 Å². The second kappa shape index (κ2) is 4.67. The fourth-order valence-corrected chi connectivity index (χ4v) is 1.15. The van der Waals surface area contributed by atoms with E-state index in [0.717, 1.165) is 6.42 Å². The molecule has 0 heterocycles. The molecule has 0 radical (unpaired) electrons. The molecule has 2 N–H and O–H groups in total. The largest absolute Gasteiger partial charge is 0.326 e. The highest BCUT2D eigenvalue weighted by Gasteiger charge is 1.96. The Balaban J connectivity index is 2.81. The standard InChI is InChI=1S/C10H14N2/c1-12-7-6-9-4-2-3-5-10(9)8-11/h2-5,7H,6,8,11H2,1H3. The van der Waals surface area contributed by atoms with Gasteiger partial charge in [-0.2, -0.15) is 0 Å². The van der Waals surface area contributed by atoms with Gasteiger partial charge in [0, 0.05) is 26.2 Å². The third-order valence-electron chi connectivity index (χ3n) is 1.83. The molecular weight excluding hydrogens is 148 g/mol. The van der Waals surface area contributed by atoms with E-state index in [1.54, 1.807) is 7.05 Å². The van der Waals surface area contributed by atoms with Crippen molar-refractivity contribution in [3.05, 3.63) is 35.4 Å². The van der Waals surface area contributed by atoms with E-state index in [4.69, 9.17) is 5.73 Å². The molecule has 0 aromatic heterocycles. The molecule has 0 unspecified atom stereocenters. The zero-order valence-electron chi connectivity index (χ0n) is 7.33. The van der Waals surface area contributed by atoms with Crippen molar-refractivity contribution < 1.29 is 0 Å². The van der Waals surface area contributed by atoms with Crippen molar-refractivity contribution in [3.63, 3.8) is 0 Å². The van der Waals surface area contributed by atoms with Crippen LogP contribution in [0.15, 0.2) is 29.3 Å². The normalized spacial score (nSPS) is 10.8. The van der Waals surface area contributed by atoms with Crippen molar-refractivity contribution in [2.45, 2.75) is 13.0 Å². The third-order valence-corrected chi connectivity index (χ3v) is 1.83. The van der Waals surface area contributed by atoms with Crippen LogP contribution in [-0.2, 0) is 13.0 Å². The molecule has 0 atom stereocenters. The van der Waals surface area contributed by atoms with Crippen molar-refractivity contribution >= 4 is 6.21 Å². The zero-order valence-corrected chi connectivity index (χ0v) is 7.33. The Morgan fingerprint density at radius 3 is 2.58 bits per heavy atom. The first kappa shape index (κ1) is 8.94. The molecule has 0 aliphatic heterocycles. The molecule has 1 rings (SSSR count). The highest BCUT2D eigenvalue weighted by atomic mass is 14.6. The van der Waals surface area contributed by atoms with Gasteiger partial charge >= 0.3 is 0 Å². The predicted octanol–water partition coefficient (Wildman–Crippen LogP) is 1.39. The van der Waals surface area contributed by atoms with Crippen LogP contribution in [0.4, 0.5) is 0 Å². The van der Waals surface area contributed by atoms with E-state index < -0.39 is 0 Å². The monoisotopic (exact) mass is 162 g/mol. The van der Waals surface area contributed by atoms with Gasteiger partial charge in [0.25, 0.3) is 0 Å². The first-order chi connectivity index (χ1) is 5.88. The Hall–Kier alpha value is -1.15. The average molecular weight is 162 g/mol. The van der Waals surface area contributed by atoms with Gasteiger partial charge in [0.05, 0.1) is 0 Å². The van der Waals surface area contributed by atoms with Crippen LogP contribution < -0.4 is 5.73 Å². The summed E-state index contributed by atoms with van der Waals surface area (Å²) in [5.74, 6) is 0. The number of nitrogens with two attached hydrogens (primary N) is 1. The maximum atomic E-state index is 5.58. The van der Waals surface area contributed by atoms with Crippen LogP contribution in [-0.4, -0.2) is 13.3 Å². The van der Waals surface area contributed by atoms with Crippen LogP contribution in [0, 0.1) is 0 Å². The molecule has 0 saturated heterocycles. The van der Waals surface area contributed by atoms with Gasteiger partial charge in [-0.05, 0) is 11.1 Å². The van der Waals surface area contributed by atoms with Crippen molar-refractivity contribution in [1.29, 1.82) is 0 Å². The van der Waals surface area contributed by atoms with Gasteiger partial charge in [-0.15, -0.1) is 0 Å². The molecular formula is C10H14N2. The molecule has 0 aliphatic carbocycles. The smallest absolute Gasteiger partial charge is 0.0273 e. The number of hydrogen-bond acceptors (Lipinski definition) is 2. The van der Waals surface area contributed by atoms with Crippen molar-refractivity contribution in [2.24, 2.45) is 10.7 Å². The summed E-state index contributed by atoms with van der Waals surface area (Å²) in [4.78, 5) is 3.94. The summed E-state index contributed by atoms with van der Waals surface area (Å²) >= 11 is 0. The lowest BCUT2D eigenvalue weighted by Crippen LogP contribution is -2.01. The van der Waals surface area contributed by atoms with Gasteiger partial charge in [0.1, 0.15) is 0 Å². The van der Waals surface area contributed by atoms with Gasteiger partial charge < -0.3 is 10.7 Å². The summed E-state index contributed by atoms with van der Waals surface area (Å²) in [5, 5.41) is 0. The average Bonchev–Trinajstić information content (AvgIpc) is 2.15. The Labute approximate surface area is 73.1 Å². The molecule has 0 bridgehead atoms. The highest BCUT2D eigenvalue weighted by molar-refractivity contribution is 5.62. The Morgan fingerprint density at radius 2 is 2.00 bits per heavy atom. The van der Waals surface area contributed by atoms with Crippen LogP contribution >= 0.6 is 0 Å². The maximum absolute atomic E-state index is 5.58. The van der Waals surface area contributed by atoms with Crippen molar-refractivity contribution in [2.75, 3.05) is 7.05 Å². The van der Waals surface area contributed by atoms with Crippen LogP contribution in [0.3, 0.4) is 0 Å². The summed E-state index contributed by atoms with van der Waals surface area (Å²) in [7, 11) is 1.78. The SMILES string of the molecule is CN=CCc1ccccc1CN. The molecule has 2 nitrogen and oxygen atoms in total. The third kappa shape index (κ3) is 2.17. The number of nitrogens with zero attached hydrogens (tertiary/aromatic N) is 1. The minimum absolute atomic E-state index is 0.605. The van der Waals surface area contributed by atoms with Gasteiger partial charge in [0.15, 0.2) is 0 Å². The first-order valence-corrected chi connectivity index (χ1v) is 4.06. The van der Waals surface area contributed by atoms with E-state index in [9.17, 15) is 0 Å². The van der Waals surface area contributed by atoms with E-state index in [1.807, 2.05) is 18.3 Å². The lowest BCUT2D eigenvalue weighted by Gasteiger charge is -2.03. The summed E-state index contributed by atoms with van der Waals surface area (Å²) in [5.41, 5.74) is 8.05. The molecule has 2 heteroatoms. The second-order valence-electron chi connectivity index (χ2n) is 2.62.